The van der Waals surface area contributed by atoms with Crippen LogP contribution in [-0.2, 0) is 10.0 Å². The normalized spacial score (nSPS) is 11.3. The molecular formula is C16H15N5O3S. The first-order chi connectivity index (χ1) is 11.9. The molecule has 0 saturated carbocycles. The van der Waals surface area contributed by atoms with E-state index in [9.17, 15) is 13.2 Å². The number of anilines is 1. The second kappa shape index (κ2) is 6.46. The highest BCUT2D eigenvalue weighted by atomic mass is 32.2. The van der Waals surface area contributed by atoms with Gasteiger partial charge in [-0.3, -0.25) is 4.79 Å². The number of aromatic nitrogens is 3. The van der Waals surface area contributed by atoms with Crippen molar-refractivity contribution in [3.05, 3.63) is 66.1 Å². The van der Waals surface area contributed by atoms with E-state index >= 15 is 0 Å². The Morgan fingerprint density at radius 3 is 2.48 bits per heavy atom. The lowest BCUT2D eigenvalue weighted by Gasteiger charge is -2.06. The Kier molecular flexibility index (Phi) is 4.34. The van der Waals surface area contributed by atoms with Crippen LogP contribution in [0, 0.1) is 6.92 Å². The van der Waals surface area contributed by atoms with Crippen molar-refractivity contribution in [2.45, 2.75) is 11.8 Å². The van der Waals surface area contributed by atoms with Crippen molar-refractivity contribution >= 4 is 21.6 Å². The first kappa shape index (κ1) is 16.8. The molecule has 0 aliphatic rings. The summed E-state index contributed by atoms with van der Waals surface area (Å²) in [5.74, 6) is 0.250. The average molecular weight is 357 g/mol. The number of amides is 1. The number of nitrogens with two attached hydrogens (primary N) is 1. The topological polar surface area (TPSA) is 120 Å². The van der Waals surface area contributed by atoms with Gasteiger partial charge < -0.3 is 5.32 Å². The highest BCUT2D eigenvalue weighted by molar-refractivity contribution is 7.89. The predicted molar refractivity (Wildman–Crippen MR) is 91.9 cm³/mol. The molecule has 1 amide bonds. The van der Waals surface area contributed by atoms with Gasteiger partial charge >= 0.3 is 0 Å². The molecule has 2 aromatic heterocycles. The Hall–Kier alpha value is -3.04. The van der Waals surface area contributed by atoms with Gasteiger partial charge in [0.15, 0.2) is 5.82 Å². The van der Waals surface area contributed by atoms with Gasteiger partial charge in [0.2, 0.25) is 10.0 Å². The molecule has 0 fully saturated rings. The van der Waals surface area contributed by atoms with E-state index in [-0.39, 0.29) is 10.8 Å². The molecule has 0 atom stereocenters. The number of sulfonamides is 1. The lowest BCUT2D eigenvalue weighted by Crippen LogP contribution is -2.14. The van der Waals surface area contributed by atoms with Gasteiger partial charge in [-0.15, -0.1) is 0 Å². The molecule has 0 aliphatic carbocycles. The van der Waals surface area contributed by atoms with Gasteiger partial charge in [-0.2, -0.15) is 5.10 Å². The van der Waals surface area contributed by atoms with Crippen LogP contribution in [0.1, 0.15) is 16.1 Å². The van der Waals surface area contributed by atoms with Crippen LogP contribution < -0.4 is 10.5 Å². The van der Waals surface area contributed by atoms with Crippen LogP contribution in [-0.4, -0.2) is 29.1 Å². The molecule has 3 aromatic rings. The molecule has 3 rings (SSSR count). The van der Waals surface area contributed by atoms with Crippen LogP contribution in [0.15, 0.2) is 59.8 Å². The molecule has 0 spiro atoms. The largest absolute Gasteiger partial charge is 0.322 e. The van der Waals surface area contributed by atoms with E-state index in [0.717, 1.165) is 0 Å². The summed E-state index contributed by atoms with van der Waals surface area (Å²) in [5.41, 5.74) is 1.47. The fraction of sp³-hybridized carbons (Fsp3) is 0.0625. The SMILES string of the molecule is Cc1c(C(=O)Nc2ccc(S(N)(=O)=O)cc2)cnn1-c1ccccn1. The predicted octanol–water partition coefficient (Wildman–Crippen LogP) is 1.48. The maximum absolute atomic E-state index is 12.4. The standard InChI is InChI=1S/C16H15N5O3S/c1-11-14(10-19-21(11)15-4-2-3-9-18-15)16(22)20-12-5-7-13(8-6-12)25(17,23)24/h2-10H,1H3,(H,20,22)(H2,17,23,24). The minimum Gasteiger partial charge on any atom is -0.322 e. The quantitative estimate of drug-likeness (QED) is 0.733. The average Bonchev–Trinajstić information content (AvgIpc) is 2.97. The van der Waals surface area contributed by atoms with Crippen LogP contribution in [0.3, 0.4) is 0 Å². The number of rotatable bonds is 4. The Balaban J connectivity index is 1.82. The Labute approximate surface area is 144 Å². The van der Waals surface area contributed by atoms with Gasteiger partial charge in [0.25, 0.3) is 5.91 Å². The fourth-order valence-corrected chi connectivity index (χ4v) is 2.78. The molecule has 0 bridgehead atoms. The maximum atomic E-state index is 12.4. The van der Waals surface area contributed by atoms with Gasteiger partial charge in [0, 0.05) is 11.9 Å². The first-order valence-corrected chi connectivity index (χ1v) is 8.81. The summed E-state index contributed by atoms with van der Waals surface area (Å²) in [5, 5.41) is 11.9. The molecule has 25 heavy (non-hydrogen) atoms. The number of benzene rings is 1. The van der Waals surface area contributed by atoms with Crippen molar-refractivity contribution in [1.82, 2.24) is 14.8 Å². The fourth-order valence-electron chi connectivity index (χ4n) is 2.27. The number of carbonyl (C=O) groups excluding carboxylic acids is 1. The third-order valence-electron chi connectivity index (χ3n) is 3.56. The minimum absolute atomic E-state index is 0.0235. The lowest BCUT2D eigenvalue weighted by atomic mass is 10.2. The molecule has 0 radical (unpaired) electrons. The van der Waals surface area contributed by atoms with E-state index in [1.165, 1.54) is 30.5 Å². The highest BCUT2D eigenvalue weighted by Gasteiger charge is 2.16. The molecular weight excluding hydrogens is 342 g/mol. The van der Waals surface area contributed by atoms with Gasteiger partial charge in [-0.1, -0.05) is 6.07 Å². The monoisotopic (exact) mass is 357 g/mol. The second-order valence-corrected chi connectivity index (χ2v) is 6.83. The van der Waals surface area contributed by atoms with Gasteiger partial charge in [-0.05, 0) is 43.3 Å². The number of nitrogens with zero attached hydrogens (tertiary/aromatic N) is 3. The van der Waals surface area contributed by atoms with E-state index in [1.54, 1.807) is 29.9 Å². The van der Waals surface area contributed by atoms with E-state index in [2.05, 4.69) is 15.4 Å². The third kappa shape index (κ3) is 3.57. The zero-order valence-electron chi connectivity index (χ0n) is 13.2. The van der Waals surface area contributed by atoms with Gasteiger partial charge in [0.05, 0.1) is 22.3 Å². The zero-order valence-corrected chi connectivity index (χ0v) is 14.1. The second-order valence-electron chi connectivity index (χ2n) is 5.27. The highest BCUT2D eigenvalue weighted by Crippen LogP contribution is 2.16. The van der Waals surface area contributed by atoms with Gasteiger partial charge in [0.1, 0.15) is 0 Å². The van der Waals surface area contributed by atoms with E-state index in [4.69, 9.17) is 5.14 Å². The van der Waals surface area contributed by atoms with E-state index in [0.29, 0.717) is 22.8 Å². The minimum atomic E-state index is -3.77. The number of hydrogen-bond donors (Lipinski definition) is 2. The van der Waals surface area contributed by atoms with Crippen molar-refractivity contribution < 1.29 is 13.2 Å². The van der Waals surface area contributed by atoms with Crippen LogP contribution >= 0.6 is 0 Å². The van der Waals surface area contributed by atoms with Crippen LogP contribution in [0.4, 0.5) is 5.69 Å². The van der Waals surface area contributed by atoms with Crippen LogP contribution in [0.25, 0.3) is 5.82 Å². The van der Waals surface area contributed by atoms with E-state index in [1.807, 2.05) is 6.07 Å². The smallest absolute Gasteiger partial charge is 0.259 e. The lowest BCUT2D eigenvalue weighted by molar-refractivity contribution is 0.102. The number of hydrogen-bond acceptors (Lipinski definition) is 5. The Bertz CT molecular complexity index is 1010. The number of nitrogens with one attached hydrogen (secondary N) is 1. The maximum Gasteiger partial charge on any atom is 0.259 e. The molecule has 1 aromatic carbocycles. The molecule has 8 nitrogen and oxygen atoms in total. The Morgan fingerprint density at radius 2 is 1.88 bits per heavy atom. The van der Waals surface area contributed by atoms with Crippen molar-refractivity contribution in [1.29, 1.82) is 0 Å². The van der Waals surface area contributed by atoms with Gasteiger partial charge in [-0.25, -0.2) is 23.2 Å². The summed E-state index contributed by atoms with van der Waals surface area (Å²) in [4.78, 5) is 16.6. The Morgan fingerprint density at radius 1 is 1.16 bits per heavy atom. The van der Waals surface area contributed by atoms with E-state index < -0.39 is 10.0 Å². The number of primary sulfonamides is 1. The van der Waals surface area contributed by atoms with Crippen LogP contribution in [0.2, 0.25) is 0 Å². The molecule has 0 unspecified atom stereocenters. The third-order valence-corrected chi connectivity index (χ3v) is 4.49. The first-order valence-electron chi connectivity index (χ1n) is 7.26. The number of pyridine rings is 1. The molecule has 9 heteroatoms. The summed E-state index contributed by atoms with van der Waals surface area (Å²) in [6, 6.07) is 11.0. The zero-order chi connectivity index (χ0) is 18.0. The van der Waals surface area contributed by atoms with Crippen molar-refractivity contribution in [2.75, 3.05) is 5.32 Å². The molecule has 2 heterocycles. The summed E-state index contributed by atoms with van der Waals surface area (Å²) in [7, 11) is -3.77. The molecule has 0 saturated heterocycles. The van der Waals surface area contributed by atoms with Crippen molar-refractivity contribution in [3.8, 4) is 5.82 Å². The summed E-state index contributed by atoms with van der Waals surface area (Å²) in [6.45, 7) is 1.76. The summed E-state index contributed by atoms with van der Waals surface area (Å²) >= 11 is 0. The number of carbonyl (C=O) groups is 1. The van der Waals surface area contributed by atoms with Crippen molar-refractivity contribution in [3.63, 3.8) is 0 Å². The van der Waals surface area contributed by atoms with Crippen LogP contribution in [0.5, 0.6) is 0 Å². The summed E-state index contributed by atoms with van der Waals surface area (Å²) < 4.78 is 24.1. The molecule has 3 N–H and O–H groups in total. The molecule has 0 aliphatic heterocycles. The summed E-state index contributed by atoms with van der Waals surface area (Å²) in [6.07, 6.45) is 3.10. The van der Waals surface area contributed by atoms with Crippen molar-refractivity contribution in [2.24, 2.45) is 5.14 Å². The molecule has 128 valence electrons.